The number of nitrogens with one attached hydrogen (secondary N) is 2. The molecule has 2 aromatic heterocycles. The van der Waals surface area contributed by atoms with Crippen molar-refractivity contribution < 1.29 is 0 Å². The summed E-state index contributed by atoms with van der Waals surface area (Å²) < 4.78 is 0. The number of halogens is 1. The zero-order valence-electron chi connectivity index (χ0n) is 16.2. The summed E-state index contributed by atoms with van der Waals surface area (Å²) in [6.07, 6.45) is 2.84. The fourth-order valence-corrected chi connectivity index (χ4v) is 3.49. The van der Waals surface area contributed by atoms with E-state index in [0.717, 1.165) is 30.3 Å². The largest absolute Gasteiger partial charge is 0.363 e. The SMILES string of the molecule is CCNC(=NCc1ccnc(N(C)C)c1)NC(C)Cc1ccc(C)s1.I. The van der Waals surface area contributed by atoms with Gasteiger partial charge in [-0.3, -0.25) is 0 Å². The Morgan fingerprint density at radius 3 is 2.69 bits per heavy atom. The number of pyridine rings is 1. The Hall–Kier alpha value is -1.35. The summed E-state index contributed by atoms with van der Waals surface area (Å²) in [7, 11) is 3.99. The lowest BCUT2D eigenvalue weighted by atomic mass is 10.2. The normalized spacial score (nSPS) is 12.3. The summed E-state index contributed by atoms with van der Waals surface area (Å²) in [5, 5.41) is 6.83. The van der Waals surface area contributed by atoms with Crippen molar-refractivity contribution in [2.75, 3.05) is 25.5 Å². The summed E-state index contributed by atoms with van der Waals surface area (Å²) in [6.45, 7) is 7.90. The zero-order chi connectivity index (χ0) is 18.2. The first-order valence-corrected chi connectivity index (χ1v) is 9.52. The number of rotatable bonds is 7. The van der Waals surface area contributed by atoms with Gasteiger partial charge in [-0.25, -0.2) is 9.98 Å². The van der Waals surface area contributed by atoms with Gasteiger partial charge in [-0.05, 0) is 50.6 Å². The van der Waals surface area contributed by atoms with Crippen LogP contribution in [0.4, 0.5) is 5.82 Å². The molecule has 0 spiro atoms. The van der Waals surface area contributed by atoms with Crippen LogP contribution in [0.5, 0.6) is 0 Å². The fraction of sp³-hybridized carbons (Fsp3) is 0.474. The Bertz CT molecular complexity index is 699. The average molecular weight is 487 g/mol. The molecular formula is C19H30IN5S. The molecule has 0 aromatic carbocycles. The number of guanidine groups is 1. The van der Waals surface area contributed by atoms with E-state index in [1.54, 1.807) is 0 Å². The molecule has 2 rings (SSSR count). The minimum Gasteiger partial charge on any atom is -0.363 e. The summed E-state index contributed by atoms with van der Waals surface area (Å²) in [6, 6.07) is 8.80. The molecule has 1 unspecified atom stereocenters. The van der Waals surface area contributed by atoms with E-state index in [2.05, 4.69) is 54.6 Å². The van der Waals surface area contributed by atoms with Gasteiger partial charge in [0, 0.05) is 49.1 Å². The smallest absolute Gasteiger partial charge is 0.191 e. The van der Waals surface area contributed by atoms with Crippen LogP contribution in [0.15, 0.2) is 35.5 Å². The lowest BCUT2D eigenvalue weighted by Gasteiger charge is -2.17. The van der Waals surface area contributed by atoms with Gasteiger partial charge in [-0.15, -0.1) is 35.3 Å². The van der Waals surface area contributed by atoms with Crippen LogP contribution in [-0.4, -0.2) is 37.6 Å². The Morgan fingerprint density at radius 1 is 1.31 bits per heavy atom. The number of thiophene rings is 1. The van der Waals surface area contributed by atoms with E-state index >= 15 is 0 Å². The predicted molar refractivity (Wildman–Crippen MR) is 124 cm³/mol. The van der Waals surface area contributed by atoms with E-state index in [-0.39, 0.29) is 24.0 Å². The van der Waals surface area contributed by atoms with E-state index in [9.17, 15) is 0 Å². The molecule has 0 saturated heterocycles. The van der Waals surface area contributed by atoms with Crippen LogP contribution in [0, 0.1) is 6.92 Å². The third kappa shape index (κ3) is 7.49. The molecule has 0 aliphatic carbocycles. The minimum absolute atomic E-state index is 0. The van der Waals surface area contributed by atoms with Crippen molar-refractivity contribution in [3.63, 3.8) is 0 Å². The highest BCUT2D eigenvalue weighted by Gasteiger charge is 2.08. The van der Waals surface area contributed by atoms with E-state index in [1.165, 1.54) is 9.75 Å². The van der Waals surface area contributed by atoms with Crippen molar-refractivity contribution in [3.05, 3.63) is 45.8 Å². The molecule has 1 atom stereocenters. The van der Waals surface area contributed by atoms with Gasteiger partial charge < -0.3 is 15.5 Å². The molecule has 5 nitrogen and oxygen atoms in total. The average Bonchev–Trinajstić information content (AvgIpc) is 2.98. The first-order valence-electron chi connectivity index (χ1n) is 8.70. The molecule has 2 heterocycles. The molecule has 0 bridgehead atoms. The summed E-state index contributed by atoms with van der Waals surface area (Å²) in [5.41, 5.74) is 1.15. The van der Waals surface area contributed by atoms with Crippen molar-refractivity contribution in [3.8, 4) is 0 Å². The second-order valence-corrected chi connectivity index (χ2v) is 7.75. The number of aliphatic imine (C=N–C) groups is 1. The van der Waals surface area contributed by atoms with E-state index < -0.39 is 0 Å². The molecule has 0 amide bonds. The fourth-order valence-electron chi connectivity index (χ4n) is 2.47. The van der Waals surface area contributed by atoms with Gasteiger partial charge in [-0.1, -0.05) is 0 Å². The van der Waals surface area contributed by atoms with Gasteiger partial charge in [0.15, 0.2) is 5.96 Å². The van der Waals surface area contributed by atoms with Crippen LogP contribution in [0.25, 0.3) is 0 Å². The lowest BCUT2D eigenvalue weighted by molar-refractivity contribution is 0.645. The number of hydrogen-bond acceptors (Lipinski definition) is 4. The number of hydrogen-bond donors (Lipinski definition) is 2. The Balaban J connectivity index is 0.00000338. The van der Waals surface area contributed by atoms with E-state index in [1.807, 2.05) is 42.6 Å². The van der Waals surface area contributed by atoms with Crippen LogP contribution in [0.1, 0.15) is 29.2 Å². The third-order valence-corrected chi connectivity index (χ3v) is 4.74. The molecular weight excluding hydrogens is 457 g/mol. The topological polar surface area (TPSA) is 52.6 Å². The molecule has 2 N–H and O–H groups in total. The minimum atomic E-state index is 0. The monoisotopic (exact) mass is 487 g/mol. The van der Waals surface area contributed by atoms with Crippen LogP contribution in [-0.2, 0) is 13.0 Å². The molecule has 0 radical (unpaired) electrons. The van der Waals surface area contributed by atoms with Gasteiger partial charge in [0.1, 0.15) is 5.82 Å². The van der Waals surface area contributed by atoms with Gasteiger partial charge in [0.25, 0.3) is 0 Å². The van der Waals surface area contributed by atoms with Gasteiger partial charge >= 0.3 is 0 Å². The molecule has 7 heteroatoms. The van der Waals surface area contributed by atoms with Crippen molar-refractivity contribution in [1.29, 1.82) is 0 Å². The molecule has 0 aliphatic rings. The molecule has 0 saturated carbocycles. The van der Waals surface area contributed by atoms with Crippen molar-refractivity contribution in [1.82, 2.24) is 15.6 Å². The van der Waals surface area contributed by atoms with Crippen LogP contribution in [0.2, 0.25) is 0 Å². The zero-order valence-corrected chi connectivity index (χ0v) is 19.4. The van der Waals surface area contributed by atoms with Crippen LogP contribution in [0.3, 0.4) is 0 Å². The number of anilines is 1. The summed E-state index contributed by atoms with van der Waals surface area (Å²) in [4.78, 5) is 13.8. The van der Waals surface area contributed by atoms with Gasteiger partial charge in [0.05, 0.1) is 6.54 Å². The Morgan fingerprint density at radius 2 is 2.08 bits per heavy atom. The molecule has 26 heavy (non-hydrogen) atoms. The standard InChI is InChI=1S/C19H29N5S.HI/c1-6-20-19(23-14(2)11-17-8-7-15(3)25-17)22-13-16-9-10-21-18(12-16)24(4)5;/h7-10,12,14H,6,11,13H2,1-5H3,(H2,20,22,23);1H. The first-order chi connectivity index (χ1) is 12.0. The maximum absolute atomic E-state index is 4.72. The second-order valence-electron chi connectivity index (χ2n) is 6.37. The van der Waals surface area contributed by atoms with Gasteiger partial charge in [-0.2, -0.15) is 0 Å². The first kappa shape index (κ1) is 22.7. The van der Waals surface area contributed by atoms with Crippen molar-refractivity contribution >= 4 is 47.1 Å². The molecule has 144 valence electrons. The van der Waals surface area contributed by atoms with E-state index in [0.29, 0.717) is 12.6 Å². The lowest BCUT2D eigenvalue weighted by Crippen LogP contribution is -2.43. The van der Waals surface area contributed by atoms with Gasteiger partial charge in [0.2, 0.25) is 0 Å². The molecule has 0 aliphatic heterocycles. The maximum atomic E-state index is 4.72. The van der Waals surface area contributed by atoms with E-state index in [4.69, 9.17) is 4.99 Å². The maximum Gasteiger partial charge on any atom is 0.191 e. The van der Waals surface area contributed by atoms with Crippen molar-refractivity contribution in [2.24, 2.45) is 4.99 Å². The Labute approximate surface area is 178 Å². The van der Waals surface area contributed by atoms with Crippen LogP contribution < -0.4 is 15.5 Å². The predicted octanol–water partition coefficient (Wildman–Crippen LogP) is 3.82. The quantitative estimate of drug-likeness (QED) is 0.354. The molecule has 2 aromatic rings. The number of nitrogens with zero attached hydrogens (tertiary/aromatic N) is 3. The number of aryl methyl sites for hydroxylation is 1. The summed E-state index contributed by atoms with van der Waals surface area (Å²) in [5.74, 6) is 1.80. The second kappa shape index (κ2) is 11.4. The van der Waals surface area contributed by atoms with Crippen LogP contribution >= 0.6 is 35.3 Å². The summed E-state index contributed by atoms with van der Waals surface area (Å²) >= 11 is 1.86. The van der Waals surface area contributed by atoms with Crippen molar-refractivity contribution in [2.45, 2.75) is 39.8 Å². The molecule has 0 fully saturated rings. The third-order valence-electron chi connectivity index (χ3n) is 3.72. The highest BCUT2D eigenvalue weighted by atomic mass is 127. The Kier molecular flexibility index (Phi) is 9.93. The highest BCUT2D eigenvalue weighted by Crippen LogP contribution is 2.16. The highest BCUT2D eigenvalue weighted by molar-refractivity contribution is 14.0. The number of aromatic nitrogens is 1.